The van der Waals surface area contributed by atoms with E-state index in [0.717, 1.165) is 12.8 Å². The van der Waals surface area contributed by atoms with Crippen molar-refractivity contribution in [3.05, 3.63) is 12.3 Å². The zero-order valence-electron chi connectivity index (χ0n) is 5.61. The first-order chi connectivity index (χ1) is 4.31. The topological polar surface area (TPSA) is 45.1 Å². The van der Waals surface area contributed by atoms with Gasteiger partial charge in [-0.1, -0.05) is 6.58 Å². The molecule has 3 nitrogen and oxygen atoms in total. The molecular formula is C6H12N2O. The first kappa shape index (κ1) is 8.17. The maximum absolute atomic E-state index is 6.67. The minimum Gasteiger partial charge on any atom is -0.491 e. The number of hydrogen-bond donors (Lipinski definition) is 2. The summed E-state index contributed by atoms with van der Waals surface area (Å²) in [6.45, 7) is 4.81. The van der Waals surface area contributed by atoms with Gasteiger partial charge in [0.25, 0.3) is 0 Å². The second kappa shape index (κ2) is 5.31. The fourth-order valence-electron chi connectivity index (χ4n) is 0.326. The standard InChI is InChI=1S/C6H12N2O/c1-6(5-7)9-4-3-8-2/h5,7-8H,1,3-4H2,2H3. The smallest absolute Gasteiger partial charge is 0.129 e. The highest BCUT2D eigenvalue weighted by atomic mass is 16.5. The monoisotopic (exact) mass is 128 g/mol. The molecule has 0 amide bonds. The van der Waals surface area contributed by atoms with Gasteiger partial charge in [-0.05, 0) is 7.05 Å². The van der Waals surface area contributed by atoms with Gasteiger partial charge in [-0.25, -0.2) is 0 Å². The summed E-state index contributed by atoms with van der Waals surface area (Å²) in [5.41, 5.74) is 0. The molecule has 0 heterocycles. The molecule has 2 N–H and O–H groups in total. The van der Waals surface area contributed by atoms with Crippen molar-refractivity contribution >= 4 is 6.21 Å². The Morgan fingerprint density at radius 2 is 2.56 bits per heavy atom. The maximum Gasteiger partial charge on any atom is 0.129 e. The Bertz CT molecular complexity index is 101. The molecule has 0 aliphatic heterocycles. The molecule has 0 fully saturated rings. The Labute approximate surface area is 55.2 Å². The summed E-state index contributed by atoms with van der Waals surface area (Å²) in [5.74, 6) is 0.408. The van der Waals surface area contributed by atoms with E-state index in [2.05, 4.69) is 11.9 Å². The summed E-state index contributed by atoms with van der Waals surface area (Å²) < 4.78 is 4.93. The van der Waals surface area contributed by atoms with Crippen LogP contribution in [0.15, 0.2) is 12.3 Å². The summed E-state index contributed by atoms with van der Waals surface area (Å²) in [6, 6.07) is 0. The van der Waals surface area contributed by atoms with Gasteiger partial charge in [0, 0.05) is 6.54 Å². The van der Waals surface area contributed by atoms with Gasteiger partial charge in [0.1, 0.15) is 12.4 Å². The van der Waals surface area contributed by atoms with Crippen LogP contribution in [0.2, 0.25) is 0 Å². The van der Waals surface area contributed by atoms with Crippen molar-refractivity contribution in [2.24, 2.45) is 0 Å². The molecule has 0 radical (unpaired) electrons. The van der Waals surface area contributed by atoms with E-state index in [-0.39, 0.29) is 0 Å². The number of likely N-dealkylation sites (N-methyl/N-ethyl adjacent to an activating group) is 1. The zero-order valence-corrected chi connectivity index (χ0v) is 5.61. The SMILES string of the molecule is C=C(C=N)OCCNC. The first-order valence-corrected chi connectivity index (χ1v) is 2.78. The molecule has 52 valence electrons. The predicted octanol–water partition coefficient (Wildman–Crippen LogP) is 0.386. The van der Waals surface area contributed by atoms with Gasteiger partial charge in [0.2, 0.25) is 0 Å². The van der Waals surface area contributed by atoms with Crippen LogP contribution in [0.1, 0.15) is 0 Å². The van der Waals surface area contributed by atoms with E-state index in [9.17, 15) is 0 Å². The minimum atomic E-state index is 0.408. The molecule has 0 rings (SSSR count). The molecule has 0 aromatic rings. The summed E-state index contributed by atoms with van der Waals surface area (Å²) in [4.78, 5) is 0. The van der Waals surface area contributed by atoms with Crippen LogP contribution in [0.3, 0.4) is 0 Å². The second-order valence-electron chi connectivity index (χ2n) is 1.56. The van der Waals surface area contributed by atoms with Crippen LogP contribution in [-0.2, 0) is 4.74 Å². The highest BCUT2D eigenvalue weighted by Gasteiger charge is 1.85. The van der Waals surface area contributed by atoms with Crippen LogP contribution >= 0.6 is 0 Å². The molecule has 0 atom stereocenters. The number of allylic oxidation sites excluding steroid dienone is 1. The van der Waals surface area contributed by atoms with Crippen molar-refractivity contribution in [2.75, 3.05) is 20.2 Å². The molecule has 0 aliphatic carbocycles. The highest BCUT2D eigenvalue weighted by Crippen LogP contribution is 1.84. The van der Waals surface area contributed by atoms with Crippen LogP contribution in [0, 0.1) is 5.41 Å². The second-order valence-corrected chi connectivity index (χ2v) is 1.56. The van der Waals surface area contributed by atoms with E-state index in [1.807, 2.05) is 7.05 Å². The number of ether oxygens (including phenoxy) is 1. The molecule has 0 aliphatic rings. The third-order valence-electron chi connectivity index (χ3n) is 0.801. The lowest BCUT2D eigenvalue weighted by Gasteiger charge is -2.02. The van der Waals surface area contributed by atoms with Gasteiger partial charge in [0.05, 0.1) is 6.21 Å². The molecule has 0 aromatic heterocycles. The Hall–Kier alpha value is -0.830. The fraction of sp³-hybridized carbons (Fsp3) is 0.500. The van der Waals surface area contributed by atoms with Gasteiger partial charge in [-0.15, -0.1) is 0 Å². The lowest BCUT2D eigenvalue weighted by molar-refractivity contribution is 0.236. The van der Waals surface area contributed by atoms with Crippen molar-refractivity contribution < 1.29 is 4.74 Å². The maximum atomic E-state index is 6.67. The molecule has 3 heteroatoms. The van der Waals surface area contributed by atoms with Crippen LogP contribution in [0.5, 0.6) is 0 Å². The Kier molecular flexibility index (Phi) is 4.82. The molecule has 0 saturated carbocycles. The van der Waals surface area contributed by atoms with Gasteiger partial charge >= 0.3 is 0 Å². The quantitative estimate of drug-likeness (QED) is 0.319. The number of nitrogens with one attached hydrogen (secondary N) is 2. The molecule has 0 saturated heterocycles. The minimum absolute atomic E-state index is 0.408. The fourth-order valence-corrected chi connectivity index (χ4v) is 0.326. The molecule has 0 spiro atoms. The average Bonchev–Trinajstić information content (AvgIpc) is 1.89. The van der Waals surface area contributed by atoms with Crippen molar-refractivity contribution in [1.82, 2.24) is 5.32 Å². The van der Waals surface area contributed by atoms with Crippen molar-refractivity contribution in [3.8, 4) is 0 Å². The van der Waals surface area contributed by atoms with Crippen LogP contribution in [0.25, 0.3) is 0 Å². The Morgan fingerprint density at radius 1 is 1.89 bits per heavy atom. The Morgan fingerprint density at radius 3 is 3.00 bits per heavy atom. The van der Waals surface area contributed by atoms with Crippen LogP contribution < -0.4 is 5.32 Å². The lowest BCUT2D eigenvalue weighted by atomic mass is 10.6. The average molecular weight is 128 g/mol. The highest BCUT2D eigenvalue weighted by molar-refractivity contribution is 5.71. The van der Waals surface area contributed by atoms with E-state index >= 15 is 0 Å². The van der Waals surface area contributed by atoms with Crippen molar-refractivity contribution in [3.63, 3.8) is 0 Å². The summed E-state index contributed by atoms with van der Waals surface area (Å²) in [6.07, 6.45) is 1.09. The van der Waals surface area contributed by atoms with E-state index in [0.29, 0.717) is 12.4 Å². The molecular weight excluding hydrogens is 116 g/mol. The van der Waals surface area contributed by atoms with Crippen molar-refractivity contribution in [1.29, 1.82) is 5.41 Å². The third kappa shape index (κ3) is 5.03. The van der Waals surface area contributed by atoms with E-state index < -0.39 is 0 Å². The first-order valence-electron chi connectivity index (χ1n) is 2.78. The largest absolute Gasteiger partial charge is 0.491 e. The lowest BCUT2D eigenvalue weighted by Crippen LogP contribution is -2.13. The number of hydrogen-bond acceptors (Lipinski definition) is 3. The van der Waals surface area contributed by atoms with E-state index in [1.165, 1.54) is 0 Å². The number of rotatable bonds is 5. The normalized spacial score (nSPS) is 8.56. The summed E-state index contributed by atoms with van der Waals surface area (Å²) >= 11 is 0. The van der Waals surface area contributed by atoms with E-state index in [1.54, 1.807) is 0 Å². The van der Waals surface area contributed by atoms with Gasteiger partial charge in [0.15, 0.2) is 0 Å². The zero-order chi connectivity index (χ0) is 7.11. The third-order valence-corrected chi connectivity index (χ3v) is 0.801. The summed E-state index contributed by atoms with van der Waals surface area (Å²) in [5, 5.41) is 9.58. The van der Waals surface area contributed by atoms with Gasteiger partial charge in [-0.3, -0.25) is 0 Å². The molecule has 0 aromatic carbocycles. The van der Waals surface area contributed by atoms with Crippen molar-refractivity contribution in [2.45, 2.75) is 0 Å². The van der Waals surface area contributed by atoms with Crippen LogP contribution in [-0.4, -0.2) is 26.4 Å². The van der Waals surface area contributed by atoms with Gasteiger partial charge < -0.3 is 15.5 Å². The Balaban J connectivity index is 3.07. The van der Waals surface area contributed by atoms with Gasteiger partial charge in [-0.2, -0.15) is 0 Å². The van der Waals surface area contributed by atoms with E-state index in [4.69, 9.17) is 10.1 Å². The summed E-state index contributed by atoms with van der Waals surface area (Å²) in [7, 11) is 1.84. The van der Waals surface area contributed by atoms with Crippen LogP contribution in [0.4, 0.5) is 0 Å². The molecule has 0 bridgehead atoms. The predicted molar refractivity (Wildman–Crippen MR) is 37.8 cm³/mol. The molecule has 9 heavy (non-hydrogen) atoms. The molecule has 0 unspecified atom stereocenters.